The summed E-state index contributed by atoms with van der Waals surface area (Å²) in [6, 6.07) is 0. The first-order valence-corrected chi connectivity index (χ1v) is 5.63. The predicted molar refractivity (Wildman–Crippen MR) is 58.8 cm³/mol. The molecule has 1 fully saturated rings. The lowest BCUT2D eigenvalue weighted by molar-refractivity contribution is -0.00976. The van der Waals surface area contributed by atoms with Gasteiger partial charge in [0, 0.05) is 19.6 Å². The van der Waals surface area contributed by atoms with Crippen LogP contribution in [0.1, 0.15) is 27.2 Å². The van der Waals surface area contributed by atoms with Crippen LogP contribution in [-0.4, -0.2) is 59.2 Å². The topological polar surface area (TPSA) is 52.9 Å². The second-order valence-electron chi connectivity index (χ2n) is 5.02. The molecule has 4 nitrogen and oxygen atoms in total. The van der Waals surface area contributed by atoms with E-state index in [1.165, 1.54) is 0 Å². The van der Waals surface area contributed by atoms with Crippen LogP contribution in [0, 0.1) is 0 Å². The summed E-state index contributed by atoms with van der Waals surface area (Å²) in [5.74, 6) is 0. The van der Waals surface area contributed by atoms with Crippen LogP contribution < -0.4 is 0 Å². The van der Waals surface area contributed by atoms with E-state index in [0.717, 1.165) is 13.0 Å². The van der Waals surface area contributed by atoms with Gasteiger partial charge in [-0.05, 0) is 27.2 Å². The number of aliphatic hydroxyl groups is 2. The molecule has 2 N–H and O–H groups in total. The van der Waals surface area contributed by atoms with Crippen LogP contribution in [0.3, 0.4) is 0 Å². The van der Waals surface area contributed by atoms with Crippen molar-refractivity contribution in [1.82, 2.24) is 4.90 Å². The van der Waals surface area contributed by atoms with Gasteiger partial charge in [0.05, 0.1) is 24.4 Å². The van der Waals surface area contributed by atoms with Gasteiger partial charge in [0.1, 0.15) is 0 Å². The van der Waals surface area contributed by atoms with Gasteiger partial charge in [-0.2, -0.15) is 0 Å². The SMILES string of the molecule is CC(C)OCC(O)CN1CCC(C)(O)C1. The number of ether oxygens (including phenoxy) is 1. The fourth-order valence-electron chi connectivity index (χ4n) is 1.85. The van der Waals surface area contributed by atoms with Crippen molar-refractivity contribution in [2.24, 2.45) is 0 Å². The predicted octanol–water partition coefficient (Wildman–Crippen LogP) is 0.229. The molecule has 1 heterocycles. The maximum atomic E-state index is 9.74. The number of hydrogen-bond donors (Lipinski definition) is 2. The molecule has 0 spiro atoms. The van der Waals surface area contributed by atoms with Crippen molar-refractivity contribution in [2.45, 2.75) is 45.0 Å². The summed E-state index contributed by atoms with van der Waals surface area (Å²) in [5, 5.41) is 19.4. The van der Waals surface area contributed by atoms with Crippen molar-refractivity contribution in [1.29, 1.82) is 0 Å². The maximum Gasteiger partial charge on any atom is 0.0900 e. The van der Waals surface area contributed by atoms with E-state index in [4.69, 9.17) is 4.74 Å². The van der Waals surface area contributed by atoms with Crippen molar-refractivity contribution in [3.63, 3.8) is 0 Å². The third-order valence-electron chi connectivity index (χ3n) is 2.62. The molecule has 2 atom stereocenters. The Bertz CT molecular complexity index is 194. The molecule has 0 aromatic rings. The summed E-state index contributed by atoms with van der Waals surface area (Å²) >= 11 is 0. The number of hydrogen-bond acceptors (Lipinski definition) is 4. The molecule has 1 saturated heterocycles. The Hall–Kier alpha value is -0.160. The molecule has 4 heteroatoms. The van der Waals surface area contributed by atoms with E-state index in [0.29, 0.717) is 19.7 Å². The van der Waals surface area contributed by atoms with Crippen LogP contribution in [-0.2, 0) is 4.74 Å². The van der Waals surface area contributed by atoms with Gasteiger partial charge in [0.15, 0.2) is 0 Å². The van der Waals surface area contributed by atoms with Gasteiger partial charge < -0.3 is 14.9 Å². The lowest BCUT2D eigenvalue weighted by Crippen LogP contribution is -2.36. The second-order valence-corrected chi connectivity index (χ2v) is 5.02. The molecule has 0 amide bonds. The third kappa shape index (κ3) is 4.93. The van der Waals surface area contributed by atoms with Crippen molar-refractivity contribution < 1.29 is 14.9 Å². The first kappa shape index (κ1) is 12.9. The Morgan fingerprint density at radius 3 is 2.60 bits per heavy atom. The van der Waals surface area contributed by atoms with Gasteiger partial charge >= 0.3 is 0 Å². The molecule has 0 aliphatic carbocycles. The highest BCUT2D eigenvalue weighted by Crippen LogP contribution is 2.20. The molecule has 1 aliphatic rings. The van der Waals surface area contributed by atoms with E-state index in [1.807, 2.05) is 20.8 Å². The smallest absolute Gasteiger partial charge is 0.0900 e. The van der Waals surface area contributed by atoms with Gasteiger partial charge in [-0.3, -0.25) is 4.90 Å². The van der Waals surface area contributed by atoms with Crippen LogP contribution in [0.15, 0.2) is 0 Å². The Kier molecular flexibility index (Phi) is 4.52. The Balaban J connectivity index is 2.19. The second kappa shape index (κ2) is 5.25. The number of rotatable bonds is 5. The lowest BCUT2D eigenvalue weighted by atomic mass is 10.1. The normalized spacial score (nSPS) is 30.0. The van der Waals surface area contributed by atoms with Crippen LogP contribution in [0.4, 0.5) is 0 Å². The van der Waals surface area contributed by atoms with E-state index in [9.17, 15) is 10.2 Å². The van der Waals surface area contributed by atoms with Crippen molar-refractivity contribution in [3.05, 3.63) is 0 Å². The maximum absolute atomic E-state index is 9.74. The van der Waals surface area contributed by atoms with Gasteiger partial charge in [-0.15, -0.1) is 0 Å². The zero-order valence-electron chi connectivity index (χ0n) is 9.94. The molecule has 0 radical (unpaired) electrons. The highest BCUT2D eigenvalue weighted by molar-refractivity contribution is 4.86. The van der Waals surface area contributed by atoms with Crippen LogP contribution in [0.5, 0.6) is 0 Å². The summed E-state index contributed by atoms with van der Waals surface area (Å²) < 4.78 is 5.33. The minimum absolute atomic E-state index is 0.154. The number of β-amino-alcohol motifs (C(OH)–C–C–N with tert-alkyl or cyclic N) is 2. The molecule has 1 rings (SSSR count). The molecule has 2 unspecified atom stereocenters. The molecule has 0 saturated carbocycles. The molecule has 0 aromatic carbocycles. The molecule has 1 aliphatic heterocycles. The van der Waals surface area contributed by atoms with E-state index >= 15 is 0 Å². The van der Waals surface area contributed by atoms with E-state index in [1.54, 1.807) is 0 Å². The minimum atomic E-state index is -0.585. The van der Waals surface area contributed by atoms with Crippen molar-refractivity contribution in [2.75, 3.05) is 26.2 Å². The number of likely N-dealkylation sites (tertiary alicyclic amines) is 1. The first-order chi connectivity index (χ1) is 6.89. The highest BCUT2D eigenvalue weighted by Gasteiger charge is 2.31. The third-order valence-corrected chi connectivity index (χ3v) is 2.62. The zero-order chi connectivity index (χ0) is 11.5. The van der Waals surface area contributed by atoms with Gasteiger partial charge in [-0.1, -0.05) is 0 Å². The largest absolute Gasteiger partial charge is 0.389 e. The Labute approximate surface area is 91.8 Å². The van der Waals surface area contributed by atoms with E-state index < -0.39 is 11.7 Å². The van der Waals surface area contributed by atoms with Crippen LogP contribution in [0.2, 0.25) is 0 Å². The molecule has 15 heavy (non-hydrogen) atoms. The Morgan fingerprint density at radius 1 is 1.47 bits per heavy atom. The fraction of sp³-hybridized carbons (Fsp3) is 1.00. The summed E-state index contributed by atoms with van der Waals surface area (Å²) in [5.41, 5.74) is -0.585. The van der Waals surface area contributed by atoms with Crippen molar-refractivity contribution in [3.8, 4) is 0 Å². The average Bonchev–Trinajstić information content (AvgIpc) is 2.42. The monoisotopic (exact) mass is 217 g/mol. The highest BCUT2D eigenvalue weighted by atomic mass is 16.5. The summed E-state index contributed by atoms with van der Waals surface area (Å²) in [4.78, 5) is 2.08. The fourth-order valence-corrected chi connectivity index (χ4v) is 1.85. The summed E-state index contributed by atoms with van der Waals surface area (Å²) in [7, 11) is 0. The van der Waals surface area contributed by atoms with Crippen LogP contribution in [0.25, 0.3) is 0 Å². The number of nitrogens with zero attached hydrogens (tertiary/aromatic N) is 1. The molecule has 90 valence electrons. The standard InChI is InChI=1S/C11H23NO3/c1-9(2)15-7-10(13)6-12-5-4-11(3,14)8-12/h9-10,13-14H,4-8H2,1-3H3. The molecular formula is C11H23NO3. The van der Waals surface area contributed by atoms with Crippen molar-refractivity contribution >= 4 is 0 Å². The van der Waals surface area contributed by atoms with Gasteiger partial charge in [-0.25, -0.2) is 0 Å². The average molecular weight is 217 g/mol. The number of aliphatic hydroxyl groups excluding tert-OH is 1. The van der Waals surface area contributed by atoms with Gasteiger partial charge in [0.25, 0.3) is 0 Å². The van der Waals surface area contributed by atoms with E-state index in [2.05, 4.69) is 4.90 Å². The zero-order valence-corrected chi connectivity index (χ0v) is 9.94. The summed E-state index contributed by atoms with van der Waals surface area (Å²) in [6.07, 6.45) is 0.479. The van der Waals surface area contributed by atoms with Crippen LogP contribution >= 0.6 is 0 Å². The molecule has 0 bridgehead atoms. The minimum Gasteiger partial charge on any atom is -0.389 e. The summed E-state index contributed by atoms with van der Waals surface area (Å²) in [6.45, 7) is 8.20. The van der Waals surface area contributed by atoms with E-state index in [-0.39, 0.29) is 6.10 Å². The quantitative estimate of drug-likeness (QED) is 0.692. The molecular weight excluding hydrogens is 194 g/mol. The lowest BCUT2D eigenvalue weighted by Gasteiger charge is -2.22. The first-order valence-electron chi connectivity index (χ1n) is 5.63. The Morgan fingerprint density at radius 2 is 2.13 bits per heavy atom. The van der Waals surface area contributed by atoms with Gasteiger partial charge in [0.2, 0.25) is 0 Å². The molecule has 0 aromatic heterocycles.